The maximum Gasteiger partial charge on any atom is 0.270 e. The summed E-state index contributed by atoms with van der Waals surface area (Å²) in [6, 6.07) is 27.0. The Morgan fingerprint density at radius 3 is 2.14 bits per heavy atom. The summed E-state index contributed by atoms with van der Waals surface area (Å²) >= 11 is 5.73. The third kappa shape index (κ3) is 6.38. The highest BCUT2D eigenvalue weighted by molar-refractivity contribution is 7.81. The van der Waals surface area contributed by atoms with Crippen molar-refractivity contribution in [3.8, 4) is 11.5 Å². The molecule has 8 nitrogen and oxygen atoms in total. The van der Waals surface area contributed by atoms with Crippen LogP contribution in [-0.4, -0.2) is 36.6 Å². The lowest BCUT2D eigenvalue weighted by atomic mass is 10.0. The Morgan fingerprint density at radius 1 is 0.795 bits per heavy atom. The van der Waals surface area contributed by atoms with Crippen LogP contribution in [0, 0.1) is 20.8 Å². The van der Waals surface area contributed by atoms with Crippen molar-refractivity contribution in [2.45, 2.75) is 20.8 Å². The molecule has 1 aliphatic rings. The Hall–Kier alpha value is -5.28. The zero-order valence-corrected chi connectivity index (χ0v) is 25.6. The van der Waals surface area contributed by atoms with Gasteiger partial charge in [0.1, 0.15) is 5.57 Å². The van der Waals surface area contributed by atoms with Crippen molar-refractivity contribution >= 4 is 58.2 Å². The Kier molecular flexibility index (Phi) is 8.87. The molecule has 1 heterocycles. The number of rotatable bonds is 8. The van der Waals surface area contributed by atoms with Crippen LogP contribution in [0.25, 0.3) is 6.08 Å². The van der Waals surface area contributed by atoms with E-state index in [0.717, 1.165) is 16.7 Å². The highest BCUT2D eigenvalue weighted by Crippen LogP contribution is 2.33. The second kappa shape index (κ2) is 12.9. The van der Waals surface area contributed by atoms with E-state index in [1.807, 2.05) is 69.3 Å². The fourth-order valence-corrected chi connectivity index (χ4v) is 5.04. The monoisotopic (exact) mass is 605 g/mol. The van der Waals surface area contributed by atoms with Gasteiger partial charge in [0.25, 0.3) is 17.7 Å². The number of aryl methyl sites for hydroxylation is 3. The zero-order valence-electron chi connectivity index (χ0n) is 24.8. The minimum absolute atomic E-state index is 0.0665. The molecule has 1 N–H and O–H groups in total. The summed E-state index contributed by atoms with van der Waals surface area (Å²) in [6.07, 6.45) is 1.51. The van der Waals surface area contributed by atoms with Gasteiger partial charge in [0, 0.05) is 5.69 Å². The predicted molar refractivity (Wildman–Crippen MR) is 176 cm³/mol. The van der Waals surface area contributed by atoms with Crippen LogP contribution < -0.4 is 24.6 Å². The number of hydrogen-bond acceptors (Lipinski definition) is 6. The first kappa shape index (κ1) is 30.2. The van der Waals surface area contributed by atoms with Gasteiger partial charge >= 0.3 is 0 Å². The van der Waals surface area contributed by atoms with Gasteiger partial charge in [0.05, 0.1) is 18.5 Å². The van der Waals surface area contributed by atoms with Gasteiger partial charge in [0.15, 0.2) is 23.2 Å². The number of ether oxygens (including phenoxy) is 2. The highest BCUT2D eigenvalue weighted by Gasteiger charge is 2.41. The molecule has 0 atom stereocenters. The number of hydrogen-bond donors (Lipinski definition) is 1. The molecule has 0 saturated carbocycles. The maximum absolute atomic E-state index is 13.9. The Balaban J connectivity index is 1.44. The third-order valence-electron chi connectivity index (χ3n) is 7.21. The molecule has 4 aromatic carbocycles. The van der Waals surface area contributed by atoms with Crippen LogP contribution in [0.4, 0.5) is 17.1 Å². The normalized spacial score (nSPS) is 14.2. The number of anilines is 3. The SMILES string of the molecule is COc1cc(/C=C2/C(=O)N(c3ccccc3)C(=S)N(c3ccc(C)c(C)c3)C2=O)ccc1OCC(=O)Nc1ccc(C)cc1. The van der Waals surface area contributed by atoms with E-state index in [4.69, 9.17) is 21.7 Å². The first-order valence-corrected chi connectivity index (χ1v) is 14.3. The molecule has 0 unspecified atom stereocenters. The number of carbonyl (C=O) groups is 3. The fraction of sp³-hybridized carbons (Fsp3) is 0.143. The molecule has 1 fully saturated rings. The van der Waals surface area contributed by atoms with E-state index < -0.39 is 11.8 Å². The number of thiocarbonyl (C=S) groups is 1. The second-order valence-electron chi connectivity index (χ2n) is 10.3. The first-order valence-electron chi connectivity index (χ1n) is 13.9. The van der Waals surface area contributed by atoms with E-state index in [-0.39, 0.29) is 23.2 Å². The summed E-state index contributed by atoms with van der Waals surface area (Å²) in [5, 5.41) is 2.85. The first-order chi connectivity index (χ1) is 21.2. The van der Waals surface area contributed by atoms with Crippen molar-refractivity contribution in [1.82, 2.24) is 0 Å². The summed E-state index contributed by atoms with van der Waals surface area (Å²) in [4.78, 5) is 42.9. The number of benzene rings is 4. The van der Waals surface area contributed by atoms with Crippen molar-refractivity contribution in [3.63, 3.8) is 0 Å². The number of carbonyl (C=O) groups excluding carboxylic acids is 3. The van der Waals surface area contributed by atoms with E-state index in [1.54, 1.807) is 42.5 Å². The van der Waals surface area contributed by atoms with E-state index in [0.29, 0.717) is 34.1 Å². The van der Waals surface area contributed by atoms with Crippen LogP contribution in [-0.2, 0) is 14.4 Å². The summed E-state index contributed by atoms with van der Waals surface area (Å²) in [7, 11) is 1.47. The minimum Gasteiger partial charge on any atom is -0.493 e. The fourth-order valence-electron chi connectivity index (χ4n) is 4.66. The molecule has 222 valence electrons. The van der Waals surface area contributed by atoms with Gasteiger partial charge in [0.2, 0.25) is 0 Å². The second-order valence-corrected chi connectivity index (χ2v) is 10.7. The molecule has 1 saturated heterocycles. The highest BCUT2D eigenvalue weighted by atomic mass is 32.1. The average Bonchev–Trinajstić information content (AvgIpc) is 3.02. The summed E-state index contributed by atoms with van der Waals surface area (Å²) in [5.41, 5.74) is 5.36. The van der Waals surface area contributed by atoms with Crippen LogP contribution in [0.2, 0.25) is 0 Å². The van der Waals surface area contributed by atoms with Crippen LogP contribution in [0.15, 0.2) is 96.6 Å². The molecule has 0 aromatic heterocycles. The molecular formula is C35H31N3O5S. The number of amides is 3. The van der Waals surface area contributed by atoms with Crippen molar-refractivity contribution in [2.75, 3.05) is 28.8 Å². The predicted octanol–water partition coefficient (Wildman–Crippen LogP) is 6.39. The van der Waals surface area contributed by atoms with E-state index >= 15 is 0 Å². The van der Waals surface area contributed by atoms with Crippen molar-refractivity contribution < 1.29 is 23.9 Å². The van der Waals surface area contributed by atoms with Gasteiger partial charge < -0.3 is 14.8 Å². The molecule has 0 bridgehead atoms. The summed E-state index contributed by atoms with van der Waals surface area (Å²) < 4.78 is 11.2. The van der Waals surface area contributed by atoms with Gasteiger partial charge in [-0.1, -0.05) is 48.0 Å². The van der Waals surface area contributed by atoms with E-state index in [1.165, 1.54) is 23.0 Å². The zero-order chi connectivity index (χ0) is 31.4. The lowest BCUT2D eigenvalue weighted by Gasteiger charge is -2.36. The number of nitrogens with zero attached hydrogens (tertiary/aromatic N) is 2. The molecule has 0 spiro atoms. The molecule has 5 rings (SSSR count). The molecule has 0 radical (unpaired) electrons. The molecule has 4 aromatic rings. The van der Waals surface area contributed by atoms with Gasteiger partial charge in [-0.05, 0) is 104 Å². The topological polar surface area (TPSA) is 88.2 Å². The Bertz CT molecular complexity index is 1780. The van der Waals surface area contributed by atoms with Crippen molar-refractivity contribution in [3.05, 3.63) is 119 Å². The van der Waals surface area contributed by atoms with Crippen molar-refractivity contribution in [1.29, 1.82) is 0 Å². The molecule has 0 aliphatic carbocycles. The number of para-hydroxylation sites is 1. The van der Waals surface area contributed by atoms with Crippen molar-refractivity contribution in [2.24, 2.45) is 0 Å². The molecule has 3 amide bonds. The van der Waals surface area contributed by atoms with E-state index in [2.05, 4.69) is 5.32 Å². The number of methoxy groups -OCH3 is 1. The molecule has 1 aliphatic heterocycles. The molecule has 44 heavy (non-hydrogen) atoms. The quantitative estimate of drug-likeness (QED) is 0.142. The third-order valence-corrected chi connectivity index (χ3v) is 7.57. The van der Waals surface area contributed by atoms with Gasteiger partial charge in [-0.15, -0.1) is 0 Å². The summed E-state index contributed by atoms with van der Waals surface area (Å²) in [6.45, 7) is 5.67. The smallest absolute Gasteiger partial charge is 0.270 e. The number of nitrogens with one attached hydrogen (secondary N) is 1. The Morgan fingerprint density at radius 2 is 1.48 bits per heavy atom. The lowest BCUT2D eigenvalue weighted by Crippen LogP contribution is -2.57. The average molecular weight is 606 g/mol. The van der Waals surface area contributed by atoms with Gasteiger partial charge in [-0.3, -0.25) is 24.2 Å². The Labute approximate surface area is 261 Å². The molecular weight excluding hydrogens is 574 g/mol. The van der Waals surface area contributed by atoms with Gasteiger partial charge in [-0.2, -0.15) is 0 Å². The van der Waals surface area contributed by atoms with Crippen LogP contribution in [0.3, 0.4) is 0 Å². The van der Waals surface area contributed by atoms with Crippen LogP contribution in [0.1, 0.15) is 22.3 Å². The van der Waals surface area contributed by atoms with Gasteiger partial charge in [-0.25, -0.2) is 0 Å². The lowest BCUT2D eigenvalue weighted by molar-refractivity contribution is -0.121. The maximum atomic E-state index is 13.9. The van der Waals surface area contributed by atoms with Crippen LogP contribution in [0.5, 0.6) is 11.5 Å². The largest absolute Gasteiger partial charge is 0.493 e. The van der Waals surface area contributed by atoms with Crippen LogP contribution >= 0.6 is 12.2 Å². The standard InChI is InChI=1S/C35H31N3O5S/c1-22-10-14-26(15-11-22)36-32(39)21-43-30-17-13-25(20-31(30)42-4)19-29-33(40)37(27-8-6-5-7-9-27)35(44)38(34(29)41)28-16-12-23(2)24(3)18-28/h5-20H,21H2,1-4H3,(H,36,39)/b29-19-. The van der Waals surface area contributed by atoms with E-state index in [9.17, 15) is 14.4 Å². The minimum atomic E-state index is -0.543. The summed E-state index contributed by atoms with van der Waals surface area (Å²) in [5.74, 6) is -0.747. The molecule has 9 heteroatoms.